The molecule has 5 rings (SSSR count). The Balaban J connectivity index is 1.26. The number of hydroxylamine groups is 2. The maximum atomic E-state index is 12.7. The molecular weight excluding hydrogens is 638 g/mol. The highest BCUT2D eigenvalue weighted by atomic mass is 16.8. The fourth-order valence-corrected chi connectivity index (χ4v) is 5.64. The van der Waals surface area contributed by atoms with Gasteiger partial charge in [0, 0.05) is 42.7 Å². The number of piperidine rings is 1. The Morgan fingerprint density at radius 1 is 0.780 bits per heavy atom. The fourth-order valence-electron chi connectivity index (χ4n) is 5.64. The van der Waals surface area contributed by atoms with Crippen molar-refractivity contribution in [2.75, 3.05) is 33.4 Å². The SMILES string of the molecule is COc1ccccc1COCCCOc1ccc([C@H]2[C@@H](OCc3ccncc3)CN(OC(=O)OC(C)(C)C)C[C@H]2OCc2ccncc2)cc1. The zero-order chi connectivity index (χ0) is 35.2. The first-order valence-electron chi connectivity index (χ1n) is 16.9. The van der Waals surface area contributed by atoms with Crippen LogP contribution in [-0.4, -0.2) is 72.4 Å². The molecule has 0 bridgehead atoms. The maximum absolute atomic E-state index is 12.7. The smallest absolute Gasteiger partial charge is 0.496 e. The number of aromatic nitrogens is 2. The van der Waals surface area contributed by atoms with Crippen LogP contribution in [0, 0.1) is 0 Å². The summed E-state index contributed by atoms with van der Waals surface area (Å²) in [5, 5.41) is 1.58. The van der Waals surface area contributed by atoms with Crippen LogP contribution >= 0.6 is 0 Å². The maximum Gasteiger partial charge on any atom is 0.528 e. The molecule has 11 heteroatoms. The molecule has 0 spiro atoms. The number of carbonyl (C=O) groups excluding carboxylic acids is 1. The molecular formula is C39H47N3O8. The van der Waals surface area contributed by atoms with Gasteiger partial charge in [-0.25, -0.2) is 4.79 Å². The monoisotopic (exact) mass is 685 g/mol. The quantitative estimate of drug-likeness (QED) is 0.0907. The summed E-state index contributed by atoms with van der Waals surface area (Å²) >= 11 is 0. The van der Waals surface area contributed by atoms with Gasteiger partial charge < -0.3 is 33.3 Å². The molecule has 3 heterocycles. The summed E-state index contributed by atoms with van der Waals surface area (Å²) < 4.78 is 35.9. The Bertz CT molecular complexity index is 1530. The average molecular weight is 686 g/mol. The van der Waals surface area contributed by atoms with Crippen molar-refractivity contribution in [3.05, 3.63) is 120 Å². The number of para-hydroxylation sites is 1. The number of carbonyl (C=O) groups is 1. The van der Waals surface area contributed by atoms with E-state index in [1.54, 1.807) is 57.7 Å². The van der Waals surface area contributed by atoms with Crippen molar-refractivity contribution in [1.29, 1.82) is 0 Å². The average Bonchev–Trinajstić information content (AvgIpc) is 3.11. The van der Waals surface area contributed by atoms with Gasteiger partial charge in [-0.05, 0) is 79.9 Å². The first-order chi connectivity index (χ1) is 24.3. The molecule has 2 aromatic heterocycles. The highest BCUT2D eigenvalue weighted by Gasteiger charge is 2.41. The molecule has 0 radical (unpaired) electrons. The third-order valence-corrected chi connectivity index (χ3v) is 8.01. The second kappa shape index (κ2) is 18.4. The van der Waals surface area contributed by atoms with Crippen LogP contribution in [0.25, 0.3) is 0 Å². The van der Waals surface area contributed by atoms with Crippen molar-refractivity contribution in [2.45, 2.75) is 70.7 Å². The molecule has 0 unspecified atom stereocenters. The van der Waals surface area contributed by atoms with Crippen LogP contribution in [0.5, 0.6) is 11.5 Å². The molecule has 266 valence electrons. The molecule has 1 saturated heterocycles. The Kier molecular flexibility index (Phi) is 13.5. The number of hydrogen-bond acceptors (Lipinski definition) is 11. The number of pyridine rings is 2. The van der Waals surface area contributed by atoms with Crippen LogP contribution in [0.3, 0.4) is 0 Å². The van der Waals surface area contributed by atoms with Crippen LogP contribution in [0.1, 0.15) is 55.4 Å². The Hall–Kier alpha value is -4.55. The molecule has 50 heavy (non-hydrogen) atoms. The highest BCUT2D eigenvalue weighted by Crippen LogP contribution is 2.35. The van der Waals surface area contributed by atoms with Gasteiger partial charge in [-0.3, -0.25) is 9.97 Å². The normalized spacial score (nSPS) is 18.0. The largest absolute Gasteiger partial charge is 0.528 e. The van der Waals surface area contributed by atoms with E-state index in [0.717, 1.165) is 40.2 Å². The third-order valence-electron chi connectivity index (χ3n) is 8.01. The van der Waals surface area contributed by atoms with Gasteiger partial charge >= 0.3 is 6.16 Å². The second-order valence-corrected chi connectivity index (χ2v) is 13.0. The van der Waals surface area contributed by atoms with Gasteiger partial charge in [0.05, 0.1) is 65.4 Å². The topological polar surface area (TPSA) is 111 Å². The lowest BCUT2D eigenvalue weighted by molar-refractivity contribution is -0.209. The van der Waals surface area contributed by atoms with Crippen molar-refractivity contribution in [2.24, 2.45) is 0 Å². The summed E-state index contributed by atoms with van der Waals surface area (Å²) in [5.41, 5.74) is 3.30. The summed E-state index contributed by atoms with van der Waals surface area (Å²) in [6.07, 6.45) is 6.12. The number of methoxy groups -OCH3 is 1. The number of rotatable bonds is 16. The van der Waals surface area contributed by atoms with Crippen molar-refractivity contribution >= 4 is 6.16 Å². The highest BCUT2D eigenvalue weighted by molar-refractivity contribution is 5.60. The van der Waals surface area contributed by atoms with Gasteiger partial charge in [-0.1, -0.05) is 30.3 Å². The summed E-state index contributed by atoms with van der Waals surface area (Å²) in [6.45, 7) is 8.28. The van der Waals surface area contributed by atoms with E-state index in [1.807, 2.05) is 72.8 Å². The molecule has 1 fully saturated rings. The zero-order valence-electron chi connectivity index (χ0n) is 29.2. The summed E-state index contributed by atoms with van der Waals surface area (Å²) in [5.74, 6) is 1.39. The second-order valence-electron chi connectivity index (χ2n) is 13.0. The van der Waals surface area contributed by atoms with Gasteiger partial charge in [0.1, 0.15) is 17.1 Å². The molecule has 0 aliphatic carbocycles. The Morgan fingerprint density at radius 3 is 1.96 bits per heavy atom. The molecule has 0 saturated carbocycles. The van der Waals surface area contributed by atoms with Gasteiger partial charge in [0.2, 0.25) is 0 Å². The van der Waals surface area contributed by atoms with Crippen molar-refractivity contribution < 1.29 is 38.1 Å². The standard InChI is InChI=1S/C39H47N3O8/c1-39(2,3)49-38(43)50-42-24-35(47-26-29-14-18-40-19-15-29)37(36(25-42)48-27-30-16-20-41-21-17-30)31-10-12-33(13-11-31)46-23-7-22-45-28-32-8-5-6-9-34(32)44-4/h5-6,8-21,35-37H,7,22-28H2,1-4H3/t35-,36+,37-. The molecule has 11 nitrogen and oxygen atoms in total. The first kappa shape index (κ1) is 36.7. The minimum absolute atomic E-state index is 0.186. The minimum atomic E-state index is -0.775. The van der Waals surface area contributed by atoms with Crippen LogP contribution in [0.4, 0.5) is 4.79 Å². The lowest BCUT2D eigenvalue weighted by atomic mass is 9.85. The number of nitrogens with zero attached hydrogens (tertiary/aromatic N) is 3. The van der Waals surface area contributed by atoms with Crippen LogP contribution < -0.4 is 9.47 Å². The Labute approximate surface area is 294 Å². The lowest BCUT2D eigenvalue weighted by Crippen LogP contribution is -2.53. The minimum Gasteiger partial charge on any atom is -0.496 e. The predicted molar refractivity (Wildman–Crippen MR) is 186 cm³/mol. The summed E-state index contributed by atoms with van der Waals surface area (Å²) in [7, 11) is 1.66. The van der Waals surface area contributed by atoms with E-state index in [2.05, 4.69) is 9.97 Å². The van der Waals surface area contributed by atoms with E-state index >= 15 is 0 Å². The third kappa shape index (κ3) is 11.5. The lowest BCUT2D eigenvalue weighted by Gasteiger charge is -2.42. The molecule has 0 amide bonds. The molecule has 4 aromatic rings. The van der Waals surface area contributed by atoms with Gasteiger partial charge in [-0.2, -0.15) is 0 Å². The van der Waals surface area contributed by atoms with E-state index < -0.39 is 24.0 Å². The summed E-state index contributed by atoms with van der Waals surface area (Å²) in [4.78, 5) is 26.7. The van der Waals surface area contributed by atoms with Crippen molar-refractivity contribution in [3.8, 4) is 11.5 Å². The molecule has 2 aromatic carbocycles. The van der Waals surface area contributed by atoms with Crippen LogP contribution in [0.2, 0.25) is 0 Å². The number of ether oxygens (including phenoxy) is 6. The first-order valence-corrected chi connectivity index (χ1v) is 16.9. The number of benzene rings is 2. The number of hydrogen-bond donors (Lipinski definition) is 0. The van der Waals surface area contributed by atoms with E-state index in [9.17, 15) is 4.79 Å². The van der Waals surface area contributed by atoms with Gasteiger partial charge in [-0.15, -0.1) is 5.06 Å². The van der Waals surface area contributed by atoms with Crippen LogP contribution in [-0.2, 0) is 43.6 Å². The van der Waals surface area contributed by atoms with Gasteiger partial charge in [0.15, 0.2) is 0 Å². The van der Waals surface area contributed by atoms with E-state index in [0.29, 0.717) is 46.1 Å². The Morgan fingerprint density at radius 2 is 1.38 bits per heavy atom. The molecule has 0 N–H and O–H groups in total. The van der Waals surface area contributed by atoms with E-state index in [-0.39, 0.29) is 5.92 Å². The van der Waals surface area contributed by atoms with Crippen LogP contribution in [0.15, 0.2) is 97.6 Å². The molecule has 3 atom stereocenters. The fraction of sp³-hybridized carbons (Fsp3) is 0.410. The predicted octanol–water partition coefficient (Wildman–Crippen LogP) is 6.91. The molecule has 1 aliphatic heterocycles. The summed E-state index contributed by atoms with van der Waals surface area (Å²) in [6, 6.07) is 23.5. The zero-order valence-corrected chi connectivity index (χ0v) is 29.2. The van der Waals surface area contributed by atoms with Gasteiger partial charge in [0.25, 0.3) is 0 Å². The van der Waals surface area contributed by atoms with E-state index in [4.69, 9.17) is 33.3 Å². The molecule has 1 aliphatic rings. The van der Waals surface area contributed by atoms with E-state index in [1.165, 1.54) is 0 Å². The van der Waals surface area contributed by atoms with Crippen molar-refractivity contribution in [3.63, 3.8) is 0 Å². The van der Waals surface area contributed by atoms with Crippen molar-refractivity contribution in [1.82, 2.24) is 15.0 Å².